The van der Waals surface area contributed by atoms with Gasteiger partial charge in [-0.3, -0.25) is 4.79 Å². The van der Waals surface area contributed by atoms with Gasteiger partial charge in [-0.1, -0.05) is 6.92 Å². The molecule has 20 heavy (non-hydrogen) atoms. The van der Waals surface area contributed by atoms with Crippen LogP contribution in [0.4, 0.5) is 11.4 Å². The molecule has 0 fully saturated rings. The molecule has 4 nitrogen and oxygen atoms in total. The van der Waals surface area contributed by atoms with E-state index in [1.165, 1.54) is 11.1 Å². The molecule has 0 aliphatic carbocycles. The Morgan fingerprint density at radius 1 is 1.25 bits per heavy atom. The molecule has 0 saturated carbocycles. The van der Waals surface area contributed by atoms with Crippen molar-refractivity contribution in [2.45, 2.75) is 33.2 Å². The molecule has 0 bridgehead atoms. The number of rotatable bonds is 4. The first-order valence-corrected chi connectivity index (χ1v) is 7.28. The second-order valence-electron chi connectivity index (χ2n) is 5.85. The number of nitrogens with zero attached hydrogens (tertiary/aromatic N) is 2. The highest BCUT2D eigenvalue weighted by atomic mass is 16.2. The number of anilines is 2. The van der Waals surface area contributed by atoms with Crippen LogP contribution in [0.5, 0.6) is 0 Å². The van der Waals surface area contributed by atoms with E-state index >= 15 is 0 Å². The molecule has 1 aromatic carbocycles. The van der Waals surface area contributed by atoms with Gasteiger partial charge in [-0.25, -0.2) is 0 Å². The Morgan fingerprint density at radius 2 is 1.90 bits per heavy atom. The first kappa shape index (κ1) is 14.9. The van der Waals surface area contributed by atoms with Crippen LogP contribution in [-0.2, 0) is 4.79 Å². The smallest absolute Gasteiger partial charge is 0.249 e. The van der Waals surface area contributed by atoms with E-state index < -0.39 is 0 Å². The molecular formula is C16H25N3O. The lowest BCUT2D eigenvalue weighted by Crippen LogP contribution is -2.49. The average molecular weight is 275 g/mol. The van der Waals surface area contributed by atoms with Crippen molar-refractivity contribution in [1.82, 2.24) is 4.90 Å². The van der Waals surface area contributed by atoms with Crippen molar-refractivity contribution in [3.05, 3.63) is 23.3 Å². The fourth-order valence-corrected chi connectivity index (χ4v) is 2.50. The molecule has 1 aliphatic rings. The third kappa shape index (κ3) is 2.80. The van der Waals surface area contributed by atoms with Crippen molar-refractivity contribution in [2.24, 2.45) is 0 Å². The standard InChI is InChI=1S/C16H25N3O/c1-6-13-16(20)19(8-7-18(4)5)15-10-12(3)11(2)9-14(15)17-13/h9-10,13,17H,6-8H2,1-5H3. The summed E-state index contributed by atoms with van der Waals surface area (Å²) in [6.45, 7) is 7.86. The van der Waals surface area contributed by atoms with Crippen LogP contribution in [0.25, 0.3) is 0 Å². The van der Waals surface area contributed by atoms with Crippen LogP contribution < -0.4 is 10.2 Å². The molecule has 1 N–H and O–H groups in total. The number of benzene rings is 1. The lowest BCUT2D eigenvalue weighted by atomic mass is 10.0. The second-order valence-corrected chi connectivity index (χ2v) is 5.85. The van der Waals surface area contributed by atoms with Gasteiger partial charge in [-0.2, -0.15) is 0 Å². The molecule has 0 aromatic heterocycles. The number of nitrogens with one attached hydrogen (secondary N) is 1. The van der Waals surface area contributed by atoms with Gasteiger partial charge in [0.05, 0.1) is 11.4 Å². The number of likely N-dealkylation sites (N-methyl/N-ethyl adjacent to an activating group) is 1. The van der Waals surface area contributed by atoms with Crippen molar-refractivity contribution in [2.75, 3.05) is 37.4 Å². The Kier molecular flexibility index (Phi) is 4.33. The van der Waals surface area contributed by atoms with Crippen LogP contribution in [0, 0.1) is 13.8 Å². The molecule has 1 aliphatic heterocycles. The number of amides is 1. The lowest BCUT2D eigenvalue weighted by molar-refractivity contribution is -0.119. The van der Waals surface area contributed by atoms with E-state index in [1.54, 1.807) is 0 Å². The largest absolute Gasteiger partial charge is 0.372 e. The van der Waals surface area contributed by atoms with Gasteiger partial charge in [0.2, 0.25) is 5.91 Å². The van der Waals surface area contributed by atoms with Gasteiger partial charge in [0.25, 0.3) is 0 Å². The van der Waals surface area contributed by atoms with E-state index in [0.29, 0.717) is 0 Å². The van der Waals surface area contributed by atoms with Crippen LogP contribution in [0.2, 0.25) is 0 Å². The fourth-order valence-electron chi connectivity index (χ4n) is 2.50. The zero-order valence-electron chi connectivity index (χ0n) is 13.2. The van der Waals surface area contributed by atoms with Crippen LogP contribution in [-0.4, -0.2) is 44.0 Å². The van der Waals surface area contributed by atoms with Crippen molar-refractivity contribution in [3.8, 4) is 0 Å². The summed E-state index contributed by atoms with van der Waals surface area (Å²) < 4.78 is 0. The molecule has 1 atom stereocenters. The Labute approximate surface area is 121 Å². The van der Waals surface area contributed by atoms with Gasteiger partial charge < -0.3 is 15.1 Å². The molecule has 2 rings (SSSR count). The van der Waals surface area contributed by atoms with E-state index in [2.05, 4.69) is 36.2 Å². The van der Waals surface area contributed by atoms with E-state index in [9.17, 15) is 4.79 Å². The van der Waals surface area contributed by atoms with Gasteiger partial charge >= 0.3 is 0 Å². The first-order valence-electron chi connectivity index (χ1n) is 7.28. The van der Waals surface area contributed by atoms with E-state index in [1.807, 2.05) is 25.9 Å². The van der Waals surface area contributed by atoms with Gasteiger partial charge in [0.15, 0.2) is 0 Å². The third-order valence-electron chi connectivity index (χ3n) is 3.98. The van der Waals surface area contributed by atoms with Crippen molar-refractivity contribution in [3.63, 3.8) is 0 Å². The SMILES string of the molecule is CCC1Nc2cc(C)c(C)cc2N(CCN(C)C)C1=O. The third-order valence-corrected chi connectivity index (χ3v) is 3.98. The molecule has 1 amide bonds. The van der Waals surface area contributed by atoms with Crippen LogP contribution in [0.15, 0.2) is 12.1 Å². The Morgan fingerprint density at radius 3 is 2.50 bits per heavy atom. The van der Waals surface area contributed by atoms with E-state index in [-0.39, 0.29) is 11.9 Å². The highest BCUT2D eigenvalue weighted by molar-refractivity contribution is 6.05. The fraction of sp³-hybridized carbons (Fsp3) is 0.562. The molecule has 1 aromatic rings. The number of aryl methyl sites for hydroxylation is 2. The van der Waals surface area contributed by atoms with Crippen LogP contribution in [0.1, 0.15) is 24.5 Å². The number of carbonyl (C=O) groups is 1. The summed E-state index contributed by atoms with van der Waals surface area (Å²) in [4.78, 5) is 16.6. The number of carbonyl (C=O) groups excluding carboxylic acids is 1. The van der Waals surface area contributed by atoms with Crippen molar-refractivity contribution < 1.29 is 4.79 Å². The summed E-state index contributed by atoms with van der Waals surface area (Å²) in [5.74, 6) is 0.185. The number of hydrogen-bond donors (Lipinski definition) is 1. The number of hydrogen-bond acceptors (Lipinski definition) is 3. The van der Waals surface area contributed by atoms with E-state index in [0.717, 1.165) is 30.9 Å². The monoisotopic (exact) mass is 275 g/mol. The second kappa shape index (κ2) is 5.83. The maximum atomic E-state index is 12.6. The van der Waals surface area contributed by atoms with Crippen molar-refractivity contribution >= 4 is 17.3 Å². The molecule has 1 unspecified atom stereocenters. The Hall–Kier alpha value is -1.55. The van der Waals surface area contributed by atoms with Crippen LogP contribution >= 0.6 is 0 Å². The highest BCUT2D eigenvalue weighted by Crippen LogP contribution is 2.34. The molecule has 0 radical (unpaired) electrons. The van der Waals surface area contributed by atoms with Gasteiger partial charge in [0.1, 0.15) is 6.04 Å². The Balaban J connectivity index is 2.38. The number of fused-ring (bicyclic) bond motifs is 1. The zero-order chi connectivity index (χ0) is 14.9. The zero-order valence-corrected chi connectivity index (χ0v) is 13.2. The van der Waals surface area contributed by atoms with E-state index in [4.69, 9.17) is 0 Å². The quantitative estimate of drug-likeness (QED) is 0.916. The summed E-state index contributed by atoms with van der Waals surface area (Å²) in [5, 5.41) is 3.38. The van der Waals surface area contributed by atoms with Gasteiger partial charge in [0, 0.05) is 13.1 Å². The normalized spacial score (nSPS) is 18.2. The molecule has 1 heterocycles. The summed E-state index contributed by atoms with van der Waals surface area (Å²) >= 11 is 0. The molecule has 110 valence electrons. The maximum absolute atomic E-state index is 12.6. The predicted molar refractivity (Wildman–Crippen MR) is 84.5 cm³/mol. The lowest BCUT2D eigenvalue weighted by Gasteiger charge is -2.36. The summed E-state index contributed by atoms with van der Waals surface area (Å²) in [6, 6.07) is 4.17. The minimum atomic E-state index is -0.105. The molecule has 0 spiro atoms. The average Bonchev–Trinajstić information content (AvgIpc) is 2.39. The summed E-state index contributed by atoms with van der Waals surface area (Å²) in [5.41, 5.74) is 4.58. The van der Waals surface area contributed by atoms with Gasteiger partial charge in [-0.15, -0.1) is 0 Å². The van der Waals surface area contributed by atoms with Crippen LogP contribution in [0.3, 0.4) is 0 Å². The Bertz CT molecular complexity index is 511. The summed E-state index contributed by atoms with van der Waals surface area (Å²) in [7, 11) is 4.07. The molecule has 4 heteroatoms. The molecular weight excluding hydrogens is 250 g/mol. The summed E-state index contributed by atoms with van der Waals surface area (Å²) in [6.07, 6.45) is 0.809. The van der Waals surface area contributed by atoms with Gasteiger partial charge in [-0.05, 0) is 57.6 Å². The maximum Gasteiger partial charge on any atom is 0.249 e. The van der Waals surface area contributed by atoms with Crippen molar-refractivity contribution in [1.29, 1.82) is 0 Å². The molecule has 0 saturated heterocycles. The predicted octanol–water partition coefficient (Wildman–Crippen LogP) is 2.40. The first-order chi connectivity index (χ1) is 9.43. The topological polar surface area (TPSA) is 35.6 Å². The minimum Gasteiger partial charge on any atom is -0.372 e. The minimum absolute atomic E-state index is 0.105. The highest BCUT2D eigenvalue weighted by Gasteiger charge is 2.31.